The third-order valence-electron chi connectivity index (χ3n) is 10.9. The van der Waals surface area contributed by atoms with Crippen LogP contribution in [0.1, 0.15) is 136 Å². The molecule has 3 unspecified atom stereocenters. The van der Waals surface area contributed by atoms with Crippen LogP contribution in [0.2, 0.25) is 0 Å². The van der Waals surface area contributed by atoms with Gasteiger partial charge in [-0.1, -0.05) is 117 Å². The van der Waals surface area contributed by atoms with Gasteiger partial charge in [0, 0.05) is 58.9 Å². The average Bonchev–Trinajstić information content (AvgIpc) is 3.21. The zero-order valence-electron chi connectivity index (χ0n) is 42.3. The number of hydrogen-bond acceptors (Lipinski definition) is 22. The SMILES string of the molecule is CCCCCCCCN(CCOS(=O)(=O)O)CC(CN(CC(CN(CCCCCCCC)CCOS(=O)(=O)O)OS(=O)(=O)O)CC(CN(CCCCCCCC)CCOS(=O)(=O)O)OS(=O)(=O)O)OS(=O)(=O)O. The molecule has 0 aromatic carbocycles. The second kappa shape index (κ2) is 38.6. The van der Waals surface area contributed by atoms with Crippen LogP contribution in [-0.2, 0) is 87.5 Å². The molecule has 0 aliphatic rings. The van der Waals surface area contributed by atoms with Crippen molar-refractivity contribution >= 4 is 62.4 Å². The van der Waals surface area contributed by atoms with E-state index in [1.165, 1.54) is 14.7 Å². The summed E-state index contributed by atoms with van der Waals surface area (Å²) in [5.41, 5.74) is 0. The molecular formula is C39H84N4O24S6. The van der Waals surface area contributed by atoms with E-state index in [9.17, 15) is 77.8 Å². The summed E-state index contributed by atoms with van der Waals surface area (Å²) in [4.78, 5) is 5.58. The van der Waals surface area contributed by atoms with E-state index >= 15 is 0 Å². The first-order valence-corrected chi connectivity index (χ1v) is 32.7. The third-order valence-corrected chi connectivity index (χ3v) is 13.9. The number of nitrogens with zero attached hydrogens (tertiary/aromatic N) is 4. The Labute approximate surface area is 435 Å². The zero-order chi connectivity index (χ0) is 55.6. The minimum absolute atomic E-state index is 0.146. The number of rotatable bonds is 51. The average molecular weight is 1190 g/mol. The molecule has 28 nitrogen and oxygen atoms in total. The van der Waals surface area contributed by atoms with Crippen LogP contribution >= 0.6 is 0 Å². The largest absolute Gasteiger partial charge is 0.397 e. The Bertz CT molecular complexity index is 1890. The van der Waals surface area contributed by atoms with Crippen molar-refractivity contribution in [1.29, 1.82) is 0 Å². The Morgan fingerprint density at radius 2 is 0.493 bits per heavy atom. The number of unbranched alkanes of at least 4 members (excludes halogenated alkanes) is 15. The lowest BCUT2D eigenvalue weighted by Crippen LogP contribution is -2.52. The molecule has 73 heavy (non-hydrogen) atoms. The van der Waals surface area contributed by atoms with Crippen LogP contribution in [-0.4, -0.2) is 214 Å². The van der Waals surface area contributed by atoms with Gasteiger partial charge in [0.05, 0.1) is 19.8 Å². The van der Waals surface area contributed by atoms with Gasteiger partial charge in [-0.25, -0.2) is 25.1 Å². The van der Waals surface area contributed by atoms with Crippen LogP contribution in [0.4, 0.5) is 0 Å². The van der Waals surface area contributed by atoms with Crippen molar-refractivity contribution in [1.82, 2.24) is 19.6 Å². The summed E-state index contributed by atoms with van der Waals surface area (Å²) in [6.45, 7) is 0.199. The van der Waals surface area contributed by atoms with Crippen molar-refractivity contribution in [3.05, 3.63) is 0 Å². The molecule has 34 heteroatoms. The Balaban J connectivity index is 7.59. The van der Waals surface area contributed by atoms with Gasteiger partial charge in [0.25, 0.3) is 0 Å². The van der Waals surface area contributed by atoms with E-state index in [0.717, 1.165) is 81.9 Å². The third kappa shape index (κ3) is 49.1. The molecule has 0 saturated heterocycles. The summed E-state index contributed by atoms with van der Waals surface area (Å²) in [7, 11) is -30.9. The molecule has 3 atom stereocenters. The highest BCUT2D eigenvalue weighted by Crippen LogP contribution is 2.16. The van der Waals surface area contributed by atoms with E-state index in [1.54, 1.807) is 0 Å². The molecule has 0 rings (SSSR count). The smallest absolute Gasteiger partial charge is 0.298 e. The highest BCUT2D eigenvalue weighted by atomic mass is 32.3. The van der Waals surface area contributed by atoms with Gasteiger partial charge >= 0.3 is 62.4 Å². The summed E-state index contributed by atoms with van der Waals surface area (Å²) in [5.74, 6) is 0. The highest BCUT2D eigenvalue weighted by Gasteiger charge is 2.32. The van der Waals surface area contributed by atoms with Gasteiger partial charge in [-0.05, 0) is 38.9 Å². The molecule has 0 heterocycles. The Morgan fingerprint density at radius 1 is 0.288 bits per heavy atom. The van der Waals surface area contributed by atoms with E-state index < -0.39 is 140 Å². The van der Waals surface area contributed by atoms with Gasteiger partial charge in [0.1, 0.15) is 18.3 Å². The molecule has 440 valence electrons. The first-order valence-electron chi connectivity index (χ1n) is 24.5. The van der Waals surface area contributed by atoms with E-state index in [4.69, 9.17) is 12.5 Å². The maximum atomic E-state index is 12.5. The lowest BCUT2D eigenvalue weighted by molar-refractivity contribution is 0.0225. The lowest BCUT2D eigenvalue weighted by Gasteiger charge is -2.36. The molecule has 0 fully saturated rings. The minimum Gasteiger partial charge on any atom is -0.298 e. The van der Waals surface area contributed by atoms with Crippen LogP contribution in [0.3, 0.4) is 0 Å². The predicted molar refractivity (Wildman–Crippen MR) is 268 cm³/mol. The standard InChI is InChI=1S/C39H84N4O24S6/c1-4-7-10-13-16-19-22-40(25-28-62-68(44,45)46)31-37(65-71(53,54)55)34-43(35-38(66-72(56,57)58)32-41(26-29-63-69(47,48)49)23-20-17-14-11-8-5-2)36-39(67-73(59,60)61)33-42(27-30-64-70(50,51)52)24-21-18-15-12-9-6-3/h37-39H,4-36H2,1-3H3,(H,44,45,46)(H,47,48,49)(H,50,51,52)(H,53,54,55)(H,56,57,58)(H,59,60,61). The quantitative estimate of drug-likeness (QED) is 0.0376. The van der Waals surface area contributed by atoms with Crippen molar-refractivity contribution < 1.29 is 103 Å². The van der Waals surface area contributed by atoms with Crippen molar-refractivity contribution in [2.24, 2.45) is 0 Å². The summed E-state index contributed by atoms with van der Waals surface area (Å²) in [6.07, 6.45) is 9.18. The second-order valence-corrected chi connectivity index (χ2v) is 24.0. The highest BCUT2D eigenvalue weighted by molar-refractivity contribution is 7.82. The zero-order valence-corrected chi connectivity index (χ0v) is 47.2. The second-order valence-electron chi connectivity index (χ2n) is 17.6. The van der Waals surface area contributed by atoms with E-state index in [2.05, 4.69) is 12.5 Å². The van der Waals surface area contributed by atoms with Gasteiger partial charge in [0.15, 0.2) is 0 Å². The molecule has 0 aromatic heterocycles. The first-order chi connectivity index (χ1) is 33.8. The molecule has 0 amide bonds. The molecule has 0 saturated carbocycles. The van der Waals surface area contributed by atoms with Gasteiger partial charge in [0.2, 0.25) is 0 Å². The van der Waals surface area contributed by atoms with Crippen LogP contribution in [0.25, 0.3) is 0 Å². The topological polar surface area (TPSA) is 395 Å². The Morgan fingerprint density at radius 3 is 0.699 bits per heavy atom. The Kier molecular flexibility index (Phi) is 38.1. The maximum absolute atomic E-state index is 12.5. The van der Waals surface area contributed by atoms with Gasteiger partial charge in [-0.3, -0.25) is 46.9 Å². The molecule has 0 radical (unpaired) electrons. The summed E-state index contributed by atoms with van der Waals surface area (Å²) < 4.78 is 230. The van der Waals surface area contributed by atoms with Gasteiger partial charge in [-0.15, -0.1) is 0 Å². The minimum atomic E-state index is -5.37. The van der Waals surface area contributed by atoms with E-state index in [-0.39, 0.29) is 39.3 Å². The molecule has 0 aliphatic heterocycles. The van der Waals surface area contributed by atoms with Crippen molar-refractivity contribution in [3.8, 4) is 0 Å². The molecule has 0 aliphatic carbocycles. The van der Waals surface area contributed by atoms with Crippen LogP contribution in [0.15, 0.2) is 0 Å². The summed E-state index contributed by atoms with van der Waals surface area (Å²) in [5, 5.41) is 0. The van der Waals surface area contributed by atoms with E-state index in [0.29, 0.717) is 38.5 Å². The molecule has 6 N–H and O–H groups in total. The van der Waals surface area contributed by atoms with Crippen molar-refractivity contribution in [3.63, 3.8) is 0 Å². The van der Waals surface area contributed by atoms with E-state index in [1.807, 2.05) is 20.8 Å². The predicted octanol–water partition coefficient (Wildman–Crippen LogP) is 3.30. The lowest BCUT2D eigenvalue weighted by atomic mass is 10.1. The molecule has 0 aromatic rings. The van der Waals surface area contributed by atoms with Crippen LogP contribution in [0, 0.1) is 0 Å². The normalized spacial score (nSPS) is 14.8. The summed E-state index contributed by atoms with van der Waals surface area (Å²) in [6, 6.07) is 0. The monoisotopic (exact) mass is 1180 g/mol. The van der Waals surface area contributed by atoms with Gasteiger partial charge < -0.3 is 0 Å². The fraction of sp³-hybridized carbons (Fsp3) is 1.00. The van der Waals surface area contributed by atoms with Crippen LogP contribution in [0.5, 0.6) is 0 Å². The van der Waals surface area contributed by atoms with Crippen molar-refractivity contribution in [2.45, 2.75) is 155 Å². The number of hydrogen-bond donors (Lipinski definition) is 6. The Hall–Kier alpha value is -0.940. The van der Waals surface area contributed by atoms with Gasteiger partial charge in [-0.2, -0.15) is 50.5 Å². The fourth-order valence-corrected chi connectivity index (χ4v) is 10.1. The van der Waals surface area contributed by atoms with Crippen molar-refractivity contribution in [2.75, 3.05) is 98.4 Å². The molecule has 0 spiro atoms. The molecular weight excluding hydrogens is 1100 g/mol. The molecule has 0 bridgehead atoms. The van der Waals surface area contributed by atoms with Crippen LogP contribution < -0.4 is 0 Å². The first kappa shape index (κ1) is 72.1. The summed E-state index contributed by atoms with van der Waals surface area (Å²) >= 11 is 0. The fourth-order valence-electron chi connectivity index (χ4n) is 7.87. The maximum Gasteiger partial charge on any atom is 0.397 e.